The van der Waals surface area contributed by atoms with Crippen LogP contribution in [-0.4, -0.2) is 22.6 Å². The van der Waals surface area contributed by atoms with Gasteiger partial charge in [-0.15, -0.1) is 0 Å². The van der Waals surface area contributed by atoms with Crippen LogP contribution >= 0.6 is 21.6 Å². The van der Waals surface area contributed by atoms with Gasteiger partial charge in [0, 0.05) is 17.1 Å². The number of quaternary nitrogens is 1. The minimum Gasteiger partial charge on any atom is -0.633 e. The van der Waals surface area contributed by atoms with E-state index in [-0.39, 0.29) is 11.1 Å². The van der Waals surface area contributed by atoms with Gasteiger partial charge in [-0.1, -0.05) is 28.5 Å². The Morgan fingerprint density at radius 3 is 2.27 bits per heavy atom. The van der Waals surface area contributed by atoms with Crippen LogP contribution in [0.5, 0.6) is 0 Å². The van der Waals surface area contributed by atoms with Gasteiger partial charge < -0.3 is 10.3 Å². The molecule has 0 saturated heterocycles. The number of hydrogen-bond donors (Lipinski definition) is 1. The van der Waals surface area contributed by atoms with Gasteiger partial charge in [-0.05, 0) is 33.8 Å². The first-order valence-electron chi connectivity index (χ1n) is 5.34. The maximum atomic E-state index is 12.1. The Morgan fingerprint density at radius 1 is 1.27 bits per heavy atom. The molecule has 88 valence electrons. The molecule has 0 aliphatic carbocycles. The summed E-state index contributed by atoms with van der Waals surface area (Å²) in [6.07, 6.45) is 2.17. The number of nitrogens with one attached hydrogen (secondary N) is 1. The molecule has 4 heteroatoms. The van der Waals surface area contributed by atoms with E-state index in [0.717, 1.165) is 11.5 Å². The summed E-state index contributed by atoms with van der Waals surface area (Å²) in [4.78, 5) is 0. The van der Waals surface area contributed by atoms with Crippen molar-refractivity contribution in [3.8, 4) is 0 Å². The lowest BCUT2D eigenvalue weighted by atomic mass is 9.98. The molecule has 0 amide bonds. The minimum absolute atomic E-state index is 0.259. The molecule has 1 unspecified atom stereocenters. The van der Waals surface area contributed by atoms with Gasteiger partial charge in [0.1, 0.15) is 11.1 Å². The van der Waals surface area contributed by atoms with E-state index in [1.807, 2.05) is 49.3 Å². The van der Waals surface area contributed by atoms with Crippen molar-refractivity contribution in [2.45, 2.75) is 45.7 Å². The molecule has 1 atom stereocenters. The van der Waals surface area contributed by atoms with Gasteiger partial charge in [0.05, 0.1) is 0 Å². The van der Waals surface area contributed by atoms with Gasteiger partial charge in [0.25, 0.3) is 0 Å². The van der Waals surface area contributed by atoms with Crippen LogP contribution in [0.2, 0.25) is 0 Å². The van der Waals surface area contributed by atoms with Gasteiger partial charge in [-0.3, -0.25) is 0 Å². The molecule has 0 aromatic heterocycles. The zero-order valence-electron chi connectivity index (χ0n) is 10.2. The lowest BCUT2D eigenvalue weighted by Crippen LogP contribution is -3.20. The quantitative estimate of drug-likeness (QED) is 0.357. The normalized spacial score (nSPS) is 27.9. The summed E-state index contributed by atoms with van der Waals surface area (Å²) in [5.41, 5.74) is 0.768. The zero-order chi connectivity index (χ0) is 11.7. The SMILES string of the molecule is CCSSCC1=CC(C)(C)[NH+]([O-])C1(C)C. The summed E-state index contributed by atoms with van der Waals surface area (Å²) >= 11 is 0. The van der Waals surface area contributed by atoms with E-state index in [4.69, 9.17) is 0 Å². The van der Waals surface area contributed by atoms with E-state index in [9.17, 15) is 5.21 Å². The molecule has 15 heavy (non-hydrogen) atoms. The van der Waals surface area contributed by atoms with Crippen LogP contribution in [-0.2, 0) is 0 Å². The highest BCUT2D eigenvalue weighted by molar-refractivity contribution is 8.76. The molecule has 1 aliphatic heterocycles. The monoisotopic (exact) mass is 247 g/mol. The van der Waals surface area contributed by atoms with Crippen molar-refractivity contribution in [3.63, 3.8) is 0 Å². The molecule has 0 aromatic carbocycles. The number of hydrogen-bond acceptors (Lipinski definition) is 3. The molecule has 0 bridgehead atoms. The fraction of sp³-hybridized carbons (Fsp3) is 0.818. The Bertz CT molecular complexity index is 261. The Morgan fingerprint density at radius 2 is 1.87 bits per heavy atom. The molecular weight excluding hydrogens is 226 g/mol. The molecule has 0 fully saturated rings. The first kappa shape index (κ1) is 13.4. The first-order valence-corrected chi connectivity index (χ1v) is 7.82. The van der Waals surface area contributed by atoms with E-state index in [2.05, 4.69) is 13.0 Å². The molecule has 0 saturated carbocycles. The summed E-state index contributed by atoms with van der Waals surface area (Å²) in [7, 11) is 3.71. The highest BCUT2D eigenvalue weighted by atomic mass is 33.1. The molecule has 0 spiro atoms. The Kier molecular flexibility index (Phi) is 4.20. The van der Waals surface area contributed by atoms with E-state index in [1.54, 1.807) is 0 Å². The van der Waals surface area contributed by atoms with Gasteiger partial charge in [0.2, 0.25) is 0 Å². The van der Waals surface area contributed by atoms with Gasteiger partial charge in [-0.2, -0.15) is 0 Å². The second kappa shape index (κ2) is 4.70. The molecule has 1 heterocycles. The van der Waals surface area contributed by atoms with Crippen molar-refractivity contribution in [1.82, 2.24) is 0 Å². The van der Waals surface area contributed by atoms with Gasteiger partial charge >= 0.3 is 0 Å². The fourth-order valence-electron chi connectivity index (χ4n) is 2.04. The van der Waals surface area contributed by atoms with Gasteiger partial charge in [0.15, 0.2) is 0 Å². The van der Waals surface area contributed by atoms with Crippen LogP contribution < -0.4 is 5.06 Å². The zero-order valence-corrected chi connectivity index (χ0v) is 11.8. The maximum absolute atomic E-state index is 12.1. The minimum atomic E-state index is -0.268. The third-order valence-corrected chi connectivity index (χ3v) is 5.30. The number of hydroxylamine groups is 2. The van der Waals surface area contributed by atoms with Crippen molar-refractivity contribution in [1.29, 1.82) is 0 Å². The fourth-order valence-corrected chi connectivity index (χ4v) is 4.00. The summed E-state index contributed by atoms with van der Waals surface area (Å²) in [5, 5.41) is 12.5. The van der Waals surface area contributed by atoms with Crippen LogP contribution in [0.25, 0.3) is 0 Å². The molecular formula is C11H21NOS2. The predicted molar refractivity (Wildman–Crippen MR) is 71.2 cm³/mol. The lowest BCUT2D eigenvalue weighted by Gasteiger charge is -2.41. The van der Waals surface area contributed by atoms with E-state index < -0.39 is 0 Å². The highest BCUT2D eigenvalue weighted by Gasteiger charge is 2.44. The molecule has 2 nitrogen and oxygen atoms in total. The summed E-state index contributed by atoms with van der Waals surface area (Å²) < 4.78 is 0. The average molecular weight is 247 g/mol. The average Bonchev–Trinajstić information content (AvgIpc) is 2.28. The number of rotatable bonds is 4. The lowest BCUT2D eigenvalue weighted by molar-refractivity contribution is -0.927. The maximum Gasteiger partial charge on any atom is 0.115 e. The topological polar surface area (TPSA) is 27.5 Å². The molecule has 1 rings (SSSR count). The Labute approximate surface area is 101 Å². The van der Waals surface area contributed by atoms with Gasteiger partial charge in [-0.25, -0.2) is 0 Å². The Hall–Kier alpha value is 0.360. The van der Waals surface area contributed by atoms with Crippen molar-refractivity contribution < 1.29 is 5.06 Å². The molecule has 0 aromatic rings. The van der Waals surface area contributed by atoms with E-state index >= 15 is 0 Å². The molecule has 1 aliphatic rings. The van der Waals surface area contributed by atoms with Crippen molar-refractivity contribution in [3.05, 3.63) is 16.9 Å². The predicted octanol–water partition coefficient (Wildman–Crippen LogP) is 2.27. The van der Waals surface area contributed by atoms with Crippen LogP contribution in [0.1, 0.15) is 34.6 Å². The van der Waals surface area contributed by atoms with Crippen LogP contribution in [0, 0.1) is 5.21 Å². The van der Waals surface area contributed by atoms with Crippen molar-refractivity contribution >= 4 is 21.6 Å². The summed E-state index contributed by atoms with van der Waals surface area (Å²) in [5.74, 6) is 2.09. The molecule has 0 radical (unpaired) electrons. The highest BCUT2D eigenvalue weighted by Crippen LogP contribution is 2.31. The second-order valence-electron chi connectivity index (χ2n) is 5.01. The van der Waals surface area contributed by atoms with E-state index in [1.165, 1.54) is 5.57 Å². The first-order chi connectivity index (χ1) is 6.82. The van der Waals surface area contributed by atoms with Crippen molar-refractivity contribution in [2.24, 2.45) is 0 Å². The van der Waals surface area contributed by atoms with Crippen LogP contribution in [0.3, 0.4) is 0 Å². The third-order valence-electron chi connectivity index (χ3n) is 2.91. The van der Waals surface area contributed by atoms with Crippen molar-refractivity contribution in [2.75, 3.05) is 11.5 Å². The van der Waals surface area contributed by atoms with E-state index in [0.29, 0.717) is 5.06 Å². The third kappa shape index (κ3) is 2.73. The largest absolute Gasteiger partial charge is 0.633 e. The Balaban J connectivity index is 2.71. The summed E-state index contributed by atoms with van der Waals surface area (Å²) in [6, 6.07) is 0. The standard InChI is InChI=1S/C11H21NOS2/c1-6-14-15-8-9-7-10(2,3)12(13)11(9,4)5/h7,12H,6,8H2,1-5H3. The van der Waals surface area contributed by atoms with Crippen LogP contribution in [0.4, 0.5) is 0 Å². The summed E-state index contributed by atoms with van der Waals surface area (Å²) in [6.45, 7) is 10.3. The second-order valence-corrected chi connectivity index (χ2v) is 7.77. The molecule has 1 N–H and O–H groups in total. The smallest absolute Gasteiger partial charge is 0.115 e. The van der Waals surface area contributed by atoms with Crippen LogP contribution in [0.15, 0.2) is 11.6 Å².